The van der Waals surface area contributed by atoms with Gasteiger partial charge in [0.25, 0.3) is 0 Å². The lowest BCUT2D eigenvalue weighted by Crippen LogP contribution is -2.37. The highest BCUT2D eigenvalue weighted by molar-refractivity contribution is 7.11. The van der Waals surface area contributed by atoms with Crippen molar-refractivity contribution in [2.75, 3.05) is 44.4 Å². The Labute approximate surface area is 128 Å². The predicted molar refractivity (Wildman–Crippen MR) is 83.7 cm³/mol. The molecule has 0 aliphatic heterocycles. The molecule has 0 saturated carbocycles. The molecule has 0 saturated heterocycles. The number of aromatic nitrogens is 1. The minimum absolute atomic E-state index is 0.0507. The molecule has 0 spiro atoms. The van der Waals surface area contributed by atoms with E-state index in [1.54, 1.807) is 21.0 Å². The molecule has 0 bridgehead atoms. The van der Waals surface area contributed by atoms with Crippen molar-refractivity contribution in [2.24, 2.45) is 0 Å². The first-order chi connectivity index (χ1) is 9.92. The van der Waals surface area contributed by atoms with Gasteiger partial charge >= 0.3 is 5.97 Å². The summed E-state index contributed by atoms with van der Waals surface area (Å²) in [4.78, 5) is 27.3. The molecule has 0 atom stereocenters. The van der Waals surface area contributed by atoms with Crippen LogP contribution in [0.3, 0.4) is 0 Å². The van der Waals surface area contributed by atoms with Gasteiger partial charge in [-0.15, -0.1) is 0 Å². The molecule has 0 fully saturated rings. The Balaban J connectivity index is 3.08. The van der Waals surface area contributed by atoms with E-state index in [2.05, 4.69) is 4.37 Å². The highest BCUT2D eigenvalue weighted by Gasteiger charge is 2.25. The van der Waals surface area contributed by atoms with Crippen LogP contribution in [0.2, 0.25) is 0 Å². The van der Waals surface area contributed by atoms with E-state index >= 15 is 0 Å². The van der Waals surface area contributed by atoms with E-state index in [0.717, 1.165) is 18.0 Å². The van der Waals surface area contributed by atoms with Crippen molar-refractivity contribution in [1.82, 2.24) is 9.27 Å². The van der Waals surface area contributed by atoms with Crippen LogP contribution in [0.4, 0.5) is 10.8 Å². The van der Waals surface area contributed by atoms with E-state index < -0.39 is 5.97 Å². The molecule has 2 N–H and O–H groups in total. The zero-order valence-corrected chi connectivity index (χ0v) is 13.7. The van der Waals surface area contributed by atoms with Crippen molar-refractivity contribution >= 4 is 34.2 Å². The maximum absolute atomic E-state index is 12.0. The van der Waals surface area contributed by atoms with Crippen LogP contribution < -0.4 is 10.6 Å². The van der Waals surface area contributed by atoms with Crippen molar-refractivity contribution in [3.63, 3.8) is 0 Å². The molecule has 1 aromatic rings. The fourth-order valence-electron chi connectivity index (χ4n) is 1.73. The van der Waals surface area contributed by atoms with Crippen LogP contribution in [0.25, 0.3) is 0 Å². The van der Waals surface area contributed by atoms with Gasteiger partial charge in [0.15, 0.2) is 5.82 Å². The Bertz CT molecular complexity index is 502. The maximum Gasteiger partial charge on any atom is 0.345 e. The van der Waals surface area contributed by atoms with Gasteiger partial charge in [0.05, 0.1) is 13.2 Å². The van der Waals surface area contributed by atoms with Gasteiger partial charge in [-0.05, 0) is 24.9 Å². The van der Waals surface area contributed by atoms with Gasteiger partial charge in [0, 0.05) is 20.6 Å². The zero-order chi connectivity index (χ0) is 16.0. The molecule has 8 heteroatoms. The monoisotopic (exact) mass is 314 g/mol. The Morgan fingerprint density at radius 2 is 2.00 bits per heavy atom. The summed E-state index contributed by atoms with van der Waals surface area (Å²) in [7, 11) is 3.39. The largest absolute Gasteiger partial charge is 0.462 e. The highest BCUT2D eigenvalue weighted by atomic mass is 32.1. The van der Waals surface area contributed by atoms with Gasteiger partial charge in [-0.1, -0.05) is 6.92 Å². The summed E-state index contributed by atoms with van der Waals surface area (Å²) in [5.41, 5.74) is 6.03. The van der Waals surface area contributed by atoms with Crippen LogP contribution >= 0.6 is 11.5 Å². The number of hydrogen-bond donors (Lipinski definition) is 1. The molecule has 0 aliphatic rings. The van der Waals surface area contributed by atoms with Gasteiger partial charge in [-0.25, -0.2) is 4.79 Å². The summed E-state index contributed by atoms with van der Waals surface area (Å²) in [6.45, 7) is 4.80. The van der Waals surface area contributed by atoms with Crippen LogP contribution in [0, 0.1) is 0 Å². The summed E-state index contributed by atoms with van der Waals surface area (Å²) >= 11 is 1.11. The molecule has 1 heterocycles. The molecule has 1 rings (SSSR count). The van der Waals surface area contributed by atoms with Crippen LogP contribution in [0.5, 0.6) is 0 Å². The average Bonchev–Trinajstić information content (AvgIpc) is 2.80. The van der Waals surface area contributed by atoms with E-state index in [1.807, 2.05) is 11.8 Å². The Hall–Kier alpha value is -1.83. The number of nitrogens with two attached hydrogens (primary N) is 1. The minimum Gasteiger partial charge on any atom is -0.462 e. The SMILES string of the molecule is CCCN(CC(=O)N(C)C)c1snc(N)c1C(=O)OCC. The highest BCUT2D eigenvalue weighted by Crippen LogP contribution is 2.31. The fourth-order valence-corrected chi connectivity index (χ4v) is 2.56. The molecule has 0 radical (unpaired) electrons. The Kier molecular flexibility index (Phi) is 6.41. The number of likely N-dealkylation sites (N-methyl/N-ethyl adjacent to an activating group) is 1. The lowest BCUT2D eigenvalue weighted by molar-refractivity contribution is -0.127. The lowest BCUT2D eigenvalue weighted by atomic mass is 10.2. The molecule has 21 heavy (non-hydrogen) atoms. The molecule has 1 amide bonds. The molecule has 0 unspecified atom stereocenters. The third-order valence-corrected chi connectivity index (χ3v) is 3.71. The summed E-state index contributed by atoms with van der Waals surface area (Å²) in [6, 6.07) is 0. The predicted octanol–water partition coefficient (Wildman–Crippen LogP) is 1.21. The van der Waals surface area contributed by atoms with Gasteiger partial charge in [-0.2, -0.15) is 4.37 Å². The number of carbonyl (C=O) groups excluding carboxylic acids is 2. The van der Waals surface area contributed by atoms with Crippen molar-refractivity contribution in [1.29, 1.82) is 0 Å². The number of carbonyl (C=O) groups is 2. The van der Waals surface area contributed by atoms with Gasteiger partial charge in [0.1, 0.15) is 10.6 Å². The summed E-state index contributed by atoms with van der Waals surface area (Å²) in [5, 5.41) is 0.586. The molecule has 118 valence electrons. The van der Waals surface area contributed by atoms with Crippen molar-refractivity contribution in [3.8, 4) is 0 Å². The van der Waals surface area contributed by atoms with Crippen LogP contribution in [-0.2, 0) is 9.53 Å². The number of amides is 1. The third-order valence-electron chi connectivity index (χ3n) is 2.79. The first kappa shape index (κ1) is 17.2. The maximum atomic E-state index is 12.0. The summed E-state index contributed by atoms with van der Waals surface area (Å²) in [6.07, 6.45) is 0.834. The topological polar surface area (TPSA) is 88.8 Å². The Morgan fingerprint density at radius 3 is 2.52 bits per heavy atom. The summed E-state index contributed by atoms with van der Waals surface area (Å²) < 4.78 is 9.04. The third kappa shape index (κ3) is 4.32. The second-order valence-corrected chi connectivity index (χ2v) is 5.43. The van der Waals surface area contributed by atoms with Crippen LogP contribution in [0.15, 0.2) is 0 Å². The van der Waals surface area contributed by atoms with Gasteiger partial charge < -0.3 is 20.3 Å². The van der Waals surface area contributed by atoms with Gasteiger partial charge in [-0.3, -0.25) is 4.79 Å². The van der Waals surface area contributed by atoms with E-state index in [1.165, 1.54) is 4.90 Å². The Morgan fingerprint density at radius 1 is 1.33 bits per heavy atom. The quantitative estimate of drug-likeness (QED) is 0.761. The number of hydrogen-bond acceptors (Lipinski definition) is 7. The molecule has 7 nitrogen and oxygen atoms in total. The first-order valence-electron chi connectivity index (χ1n) is 6.79. The zero-order valence-electron chi connectivity index (χ0n) is 12.9. The number of ether oxygens (including phenoxy) is 1. The van der Waals surface area contributed by atoms with Crippen molar-refractivity contribution in [2.45, 2.75) is 20.3 Å². The smallest absolute Gasteiger partial charge is 0.345 e. The lowest BCUT2D eigenvalue weighted by Gasteiger charge is -2.24. The molecular weight excluding hydrogens is 292 g/mol. The van der Waals surface area contributed by atoms with Crippen LogP contribution in [0.1, 0.15) is 30.6 Å². The molecular formula is C13H22N4O3S. The van der Waals surface area contributed by atoms with Crippen LogP contribution in [-0.4, -0.2) is 54.9 Å². The molecule has 1 aromatic heterocycles. The van der Waals surface area contributed by atoms with E-state index in [0.29, 0.717) is 11.5 Å². The number of nitrogens with zero attached hydrogens (tertiary/aromatic N) is 3. The second-order valence-electron chi connectivity index (χ2n) is 4.68. The number of esters is 1. The fraction of sp³-hybridized carbons (Fsp3) is 0.615. The summed E-state index contributed by atoms with van der Waals surface area (Å²) in [5.74, 6) is -0.408. The second kappa shape index (κ2) is 7.82. The number of rotatable bonds is 7. The molecule has 0 aliphatic carbocycles. The number of nitrogen functional groups attached to an aromatic ring is 1. The van der Waals surface area contributed by atoms with Crippen molar-refractivity contribution < 1.29 is 14.3 Å². The van der Waals surface area contributed by atoms with E-state index in [9.17, 15) is 9.59 Å². The number of anilines is 2. The van der Waals surface area contributed by atoms with E-state index in [-0.39, 0.29) is 30.4 Å². The standard InChI is InChI=1S/C13H22N4O3S/c1-5-7-17(8-9(18)16(3)4)12-10(11(14)15-21-12)13(19)20-6-2/h5-8H2,1-4H3,(H2,14,15). The van der Waals surface area contributed by atoms with Gasteiger partial charge in [0.2, 0.25) is 5.91 Å². The van der Waals surface area contributed by atoms with Crippen molar-refractivity contribution in [3.05, 3.63) is 5.56 Å². The minimum atomic E-state index is -0.503. The van der Waals surface area contributed by atoms with E-state index in [4.69, 9.17) is 10.5 Å². The molecule has 0 aromatic carbocycles. The first-order valence-corrected chi connectivity index (χ1v) is 7.57. The normalized spacial score (nSPS) is 10.3. The average molecular weight is 314 g/mol.